The molecule has 1 aromatic heterocycles. The first-order valence-electron chi connectivity index (χ1n) is 8.42. The predicted octanol–water partition coefficient (Wildman–Crippen LogP) is 2.82. The van der Waals surface area contributed by atoms with Crippen molar-refractivity contribution in [1.29, 1.82) is 0 Å². The first-order chi connectivity index (χ1) is 13.5. The number of methoxy groups -OCH3 is 1. The molecule has 2 aromatic carbocycles. The Balaban J connectivity index is 1.72. The Bertz CT molecular complexity index is 1050. The van der Waals surface area contributed by atoms with Crippen molar-refractivity contribution in [2.45, 2.75) is 11.4 Å². The van der Waals surface area contributed by atoms with E-state index in [1.54, 1.807) is 54.9 Å². The number of rotatable bonds is 7. The molecule has 0 bridgehead atoms. The van der Waals surface area contributed by atoms with Gasteiger partial charge in [0, 0.05) is 30.2 Å². The molecular weight excluding hydrogens is 378 g/mol. The van der Waals surface area contributed by atoms with Gasteiger partial charge in [0.05, 0.1) is 12.0 Å². The van der Waals surface area contributed by atoms with Gasteiger partial charge in [0.1, 0.15) is 5.75 Å². The number of sulfonamides is 1. The highest BCUT2D eigenvalue weighted by Crippen LogP contribution is 2.20. The lowest BCUT2D eigenvalue weighted by molar-refractivity contribution is 0.0950. The van der Waals surface area contributed by atoms with Gasteiger partial charge in [-0.15, -0.1) is 0 Å². The van der Waals surface area contributed by atoms with Crippen molar-refractivity contribution in [1.82, 2.24) is 10.3 Å². The molecule has 0 unspecified atom stereocenters. The van der Waals surface area contributed by atoms with Gasteiger partial charge in [-0.3, -0.25) is 14.5 Å². The van der Waals surface area contributed by atoms with Crippen molar-refractivity contribution in [3.05, 3.63) is 84.2 Å². The molecule has 7 nitrogen and oxygen atoms in total. The molecule has 1 heterocycles. The Morgan fingerprint density at radius 2 is 1.75 bits per heavy atom. The molecule has 0 aliphatic carbocycles. The molecule has 28 heavy (non-hydrogen) atoms. The predicted molar refractivity (Wildman–Crippen MR) is 106 cm³/mol. The first-order valence-corrected chi connectivity index (χ1v) is 9.90. The molecule has 3 aromatic rings. The number of aromatic nitrogens is 1. The van der Waals surface area contributed by atoms with E-state index in [0.29, 0.717) is 18.0 Å². The van der Waals surface area contributed by atoms with Crippen LogP contribution < -0.4 is 14.8 Å². The van der Waals surface area contributed by atoms with Gasteiger partial charge in [0.15, 0.2) is 0 Å². The average molecular weight is 397 g/mol. The largest absolute Gasteiger partial charge is 0.497 e. The van der Waals surface area contributed by atoms with Gasteiger partial charge in [-0.05, 0) is 60.2 Å². The number of hydrogen-bond donors (Lipinski definition) is 2. The molecule has 0 fully saturated rings. The third-order valence-corrected chi connectivity index (χ3v) is 5.33. The number of nitrogens with one attached hydrogen (secondary N) is 2. The number of nitrogens with zero attached hydrogens (tertiary/aromatic N) is 1. The molecule has 0 aliphatic heterocycles. The maximum Gasteiger partial charge on any atom is 0.261 e. The normalized spacial score (nSPS) is 10.9. The maximum absolute atomic E-state index is 12.6. The van der Waals surface area contributed by atoms with Crippen LogP contribution in [0.25, 0.3) is 0 Å². The Morgan fingerprint density at radius 3 is 2.43 bits per heavy atom. The van der Waals surface area contributed by atoms with Crippen LogP contribution in [0.15, 0.2) is 78.0 Å². The van der Waals surface area contributed by atoms with Crippen molar-refractivity contribution >= 4 is 21.6 Å². The minimum Gasteiger partial charge on any atom is -0.497 e. The van der Waals surface area contributed by atoms with E-state index in [4.69, 9.17) is 4.74 Å². The zero-order valence-electron chi connectivity index (χ0n) is 15.1. The zero-order chi connectivity index (χ0) is 20.0. The van der Waals surface area contributed by atoms with Crippen LogP contribution in [0.5, 0.6) is 5.75 Å². The Morgan fingerprint density at radius 1 is 1.04 bits per heavy atom. The Kier molecular flexibility index (Phi) is 5.90. The highest BCUT2D eigenvalue weighted by Gasteiger charge is 2.16. The van der Waals surface area contributed by atoms with Crippen LogP contribution in [0.3, 0.4) is 0 Å². The van der Waals surface area contributed by atoms with Crippen molar-refractivity contribution < 1.29 is 17.9 Å². The fourth-order valence-electron chi connectivity index (χ4n) is 2.46. The Labute approximate surface area is 163 Å². The van der Waals surface area contributed by atoms with E-state index in [1.165, 1.54) is 25.3 Å². The van der Waals surface area contributed by atoms with Crippen molar-refractivity contribution in [2.75, 3.05) is 11.8 Å². The summed E-state index contributed by atoms with van der Waals surface area (Å²) < 4.78 is 32.8. The second-order valence-electron chi connectivity index (χ2n) is 5.90. The van der Waals surface area contributed by atoms with E-state index < -0.39 is 10.0 Å². The van der Waals surface area contributed by atoms with Crippen molar-refractivity contribution in [3.63, 3.8) is 0 Å². The van der Waals surface area contributed by atoms with Gasteiger partial charge in [-0.25, -0.2) is 8.42 Å². The number of ether oxygens (including phenoxy) is 1. The average Bonchev–Trinajstić information content (AvgIpc) is 2.73. The van der Waals surface area contributed by atoms with Crippen LogP contribution >= 0.6 is 0 Å². The van der Waals surface area contributed by atoms with Gasteiger partial charge in [0.25, 0.3) is 15.9 Å². The minimum atomic E-state index is -3.84. The first kappa shape index (κ1) is 19.4. The smallest absolute Gasteiger partial charge is 0.261 e. The number of benzene rings is 2. The summed E-state index contributed by atoms with van der Waals surface area (Å²) in [5, 5.41) is 2.76. The summed E-state index contributed by atoms with van der Waals surface area (Å²) in [5.41, 5.74) is 1.55. The lowest BCUT2D eigenvalue weighted by Gasteiger charge is -2.10. The molecule has 0 atom stereocenters. The number of hydrogen-bond acceptors (Lipinski definition) is 5. The summed E-state index contributed by atoms with van der Waals surface area (Å²) in [6, 6.07) is 16.0. The van der Waals surface area contributed by atoms with Crippen molar-refractivity contribution in [3.8, 4) is 5.75 Å². The fourth-order valence-corrected chi connectivity index (χ4v) is 3.57. The van der Waals surface area contributed by atoms with E-state index in [-0.39, 0.29) is 16.4 Å². The van der Waals surface area contributed by atoms with E-state index >= 15 is 0 Å². The fraction of sp³-hybridized carbons (Fsp3) is 0.100. The van der Waals surface area contributed by atoms with Crippen LogP contribution in [0, 0.1) is 0 Å². The standard InChI is InChI=1S/C20H19N3O4S/c1-27-18-7-5-17(6-8-18)23-28(25,26)19-4-2-3-16(13-19)20(24)22-14-15-9-11-21-12-10-15/h2-13,23H,14H2,1H3,(H,22,24). The summed E-state index contributed by atoms with van der Waals surface area (Å²) in [5.74, 6) is 0.258. The zero-order valence-corrected chi connectivity index (χ0v) is 15.9. The Hall–Kier alpha value is -3.39. The maximum atomic E-state index is 12.6. The van der Waals surface area contributed by atoms with Crippen LogP contribution in [-0.4, -0.2) is 26.4 Å². The van der Waals surface area contributed by atoms with Gasteiger partial charge >= 0.3 is 0 Å². The van der Waals surface area contributed by atoms with E-state index in [1.807, 2.05) is 0 Å². The highest BCUT2D eigenvalue weighted by molar-refractivity contribution is 7.92. The van der Waals surface area contributed by atoms with Crippen molar-refractivity contribution in [2.24, 2.45) is 0 Å². The van der Waals surface area contributed by atoms with Crippen LogP contribution in [0.1, 0.15) is 15.9 Å². The van der Waals surface area contributed by atoms with Crippen LogP contribution in [-0.2, 0) is 16.6 Å². The molecule has 144 valence electrons. The summed E-state index contributed by atoms with van der Waals surface area (Å²) >= 11 is 0. The van der Waals surface area contributed by atoms with Crippen LogP contribution in [0.4, 0.5) is 5.69 Å². The van der Waals surface area contributed by atoms with E-state index in [9.17, 15) is 13.2 Å². The number of anilines is 1. The topological polar surface area (TPSA) is 97.4 Å². The SMILES string of the molecule is COc1ccc(NS(=O)(=O)c2cccc(C(=O)NCc3ccncc3)c2)cc1. The highest BCUT2D eigenvalue weighted by atomic mass is 32.2. The monoisotopic (exact) mass is 397 g/mol. The lowest BCUT2D eigenvalue weighted by Crippen LogP contribution is -2.23. The van der Waals surface area contributed by atoms with Gasteiger partial charge in [-0.1, -0.05) is 6.07 Å². The van der Waals surface area contributed by atoms with Gasteiger partial charge in [-0.2, -0.15) is 0 Å². The second kappa shape index (κ2) is 8.53. The third-order valence-electron chi connectivity index (χ3n) is 3.95. The number of amides is 1. The van der Waals surface area contributed by atoms with Gasteiger partial charge in [0.2, 0.25) is 0 Å². The molecule has 0 aliphatic rings. The number of pyridine rings is 1. The van der Waals surface area contributed by atoms with E-state index in [2.05, 4.69) is 15.0 Å². The summed E-state index contributed by atoms with van der Waals surface area (Å²) in [6.07, 6.45) is 3.28. The molecule has 2 N–H and O–H groups in total. The molecule has 1 amide bonds. The summed E-state index contributed by atoms with van der Waals surface area (Å²) in [6.45, 7) is 0.322. The molecular formula is C20H19N3O4S. The minimum absolute atomic E-state index is 0.000112. The van der Waals surface area contributed by atoms with Crippen LogP contribution in [0.2, 0.25) is 0 Å². The summed E-state index contributed by atoms with van der Waals surface area (Å²) in [4.78, 5) is 16.3. The number of carbonyl (C=O) groups excluding carboxylic acids is 1. The molecule has 8 heteroatoms. The lowest BCUT2D eigenvalue weighted by atomic mass is 10.2. The number of carbonyl (C=O) groups is 1. The third kappa shape index (κ3) is 4.86. The second-order valence-corrected chi connectivity index (χ2v) is 7.58. The van der Waals surface area contributed by atoms with E-state index in [0.717, 1.165) is 5.56 Å². The van der Waals surface area contributed by atoms with Gasteiger partial charge < -0.3 is 10.1 Å². The molecule has 0 saturated carbocycles. The molecule has 3 rings (SSSR count). The molecule has 0 spiro atoms. The molecule has 0 radical (unpaired) electrons. The molecule has 0 saturated heterocycles. The summed E-state index contributed by atoms with van der Waals surface area (Å²) in [7, 11) is -2.30. The quantitative estimate of drug-likeness (QED) is 0.639.